The first-order valence-electron chi connectivity index (χ1n) is 10.6. The highest BCUT2D eigenvalue weighted by molar-refractivity contribution is 7.88. The van der Waals surface area contributed by atoms with Crippen LogP contribution in [0.3, 0.4) is 0 Å². The van der Waals surface area contributed by atoms with Gasteiger partial charge in [-0.05, 0) is 43.5 Å². The lowest BCUT2D eigenvalue weighted by Crippen LogP contribution is -2.47. The Balaban J connectivity index is 1.23. The van der Waals surface area contributed by atoms with Crippen molar-refractivity contribution in [3.8, 4) is 0 Å². The van der Waals surface area contributed by atoms with Gasteiger partial charge in [-0.15, -0.1) is 0 Å². The number of benzene rings is 1. The minimum atomic E-state index is -3.20. The average Bonchev–Trinajstić information content (AvgIpc) is 3.02. The molecule has 3 aliphatic heterocycles. The number of anilines is 1. The van der Waals surface area contributed by atoms with Gasteiger partial charge >= 0.3 is 5.97 Å². The fourth-order valence-corrected chi connectivity index (χ4v) is 5.71. The van der Waals surface area contributed by atoms with Gasteiger partial charge in [0.25, 0.3) is 0 Å². The molecule has 4 rings (SSSR count). The lowest BCUT2D eigenvalue weighted by Gasteiger charge is -2.36. The van der Waals surface area contributed by atoms with Crippen molar-refractivity contribution in [1.29, 1.82) is 0 Å². The second-order valence-corrected chi connectivity index (χ2v) is 10.8. The molecule has 3 heterocycles. The van der Waals surface area contributed by atoms with Gasteiger partial charge in [0, 0.05) is 57.9 Å². The van der Waals surface area contributed by atoms with E-state index < -0.39 is 15.4 Å². The van der Waals surface area contributed by atoms with Crippen LogP contribution in [0, 0.1) is 11.2 Å². The molecule has 0 bridgehead atoms. The summed E-state index contributed by atoms with van der Waals surface area (Å²) < 4.78 is 43.7. The van der Waals surface area contributed by atoms with Crippen molar-refractivity contribution in [1.82, 2.24) is 9.21 Å². The largest absolute Gasteiger partial charge is 0.462 e. The molecule has 1 aromatic rings. The van der Waals surface area contributed by atoms with Crippen LogP contribution >= 0.6 is 0 Å². The third-order valence-corrected chi connectivity index (χ3v) is 8.11. The summed E-state index contributed by atoms with van der Waals surface area (Å²) in [5, 5.41) is 0. The highest BCUT2D eigenvalue weighted by atomic mass is 32.2. The highest BCUT2D eigenvalue weighted by Crippen LogP contribution is 2.44. The van der Waals surface area contributed by atoms with Crippen molar-refractivity contribution in [2.24, 2.45) is 5.41 Å². The number of ether oxygens (including phenoxy) is 1. The van der Waals surface area contributed by atoms with Gasteiger partial charge < -0.3 is 9.64 Å². The smallest absolute Gasteiger partial charge is 0.312 e. The Labute approximate surface area is 177 Å². The first kappa shape index (κ1) is 21.5. The summed E-state index contributed by atoms with van der Waals surface area (Å²) in [4.78, 5) is 17.2. The molecule has 0 amide bonds. The van der Waals surface area contributed by atoms with Crippen molar-refractivity contribution in [2.45, 2.75) is 31.8 Å². The predicted molar refractivity (Wildman–Crippen MR) is 112 cm³/mol. The van der Waals surface area contributed by atoms with Crippen LogP contribution in [0.2, 0.25) is 0 Å². The molecule has 0 aromatic heterocycles. The number of cyclic esters (lactones) is 1. The number of piperidine rings is 1. The predicted octanol–water partition coefficient (Wildman–Crippen LogP) is 1.70. The van der Waals surface area contributed by atoms with Gasteiger partial charge in [-0.3, -0.25) is 9.69 Å². The fraction of sp³-hybridized carbons (Fsp3) is 0.667. The molecule has 166 valence electrons. The zero-order chi connectivity index (χ0) is 21.4. The lowest BCUT2D eigenvalue weighted by atomic mass is 9.76. The van der Waals surface area contributed by atoms with Crippen molar-refractivity contribution in [3.05, 3.63) is 30.1 Å². The van der Waals surface area contributed by atoms with E-state index in [4.69, 9.17) is 4.74 Å². The van der Waals surface area contributed by atoms with Gasteiger partial charge in [0.15, 0.2) is 0 Å². The Hall–Kier alpha value is -1.71. The van der Waals surface area contributed by atoms with Crippen molar-refractivity contribution in [3.63, 3.8) is 0 Å². The quantitative estimate of drug-likeness (QED) is 0.651. The molecule has 0 saturated carbocycles. The van der Waals surface area contributed by atoms with Crippen molar-refractivity contribution < 1.29 is 22.3 Å². The van der Waals surface area contributed by atoms with E-state index >= 15 is 0 Å². The van der Waals surface area contributed by atoms with Crippen LogP contribution < -0.4 is 4.90 Å². The van der Waals surface area contributed by atoms with E-state index in [9.17, 15) is 17.6 Å². The molecule has 9 heteroatoms. The third kappa shape index (κ3) is 4.63. The topological polar surface area (TPSA) is 70.2 Å². The summed E-state index contributed by atoms with van der Waals surface area (Å²) in [6.07, 6.45) is 3.73. The number of carbonyl (C=O) groups is 1. The monoisotopic (exact) mass is 439 g/mol. The average molecular weight is 440 g/mol. The van der Waals surface area contributed by atoms with Crippen molar-refractivity contribution in [2.75, 3.05) is 57.0 Å². The molecule has 0 radical (unpaired) electrons. The first-order valence-corrected chi connectivity index (χ1v) is 12.5. The summed E-state index contributed by atoms with van der Waals surface area (Å²) in [6.45, 7) is 5.29. The molecule has 30 heavy (non-hydrogen) atoms. The van der Waals surface area contributed by atoms with E-state index in [0.717, 1.165) is 44.8 Å². The Bertz CT molecular complexity index is 861. The van der Waals surface area contributed by atoms with Gasteiger partial charge in [-0.1, -0.05) is 0 Å². The third-order valence-electron chi connectivity index (χ3n) is 6.81. The summed E-state index contributed by atoms with van der Waals surface area (Å²) in [5.74, 6) is -0.370. The van der Waals surface area contributed by atoms with Gasteiger partial charge in [-0.2, -0.15) is 0 Å². The lowest BCUT2D eigenvalue weighted by molar-refractivity contribution is -0.150. The molecular weight excluding hydrogens is 409 g/mol. The zero-order valence-corrected chi connectivity index (χ0v) is 18.2. The normalized spacial score (nSPS) is 25.6. The zero-order valence-electron chi connectivity index (χ0n) is 17.4. The van der Waals surface area contributed by atoms with E-state index in [1.54, 1.807) is 0 Å². The summed E-state index contributed by atoms with van der Waals surface area (Å²) >= 11 is 0. The van der Waals surface area contributed by atoms with E-state index in [1.165, 1.54) is 22.7 Å². The molecule has 1 spiro atoms. The molecule has 3 aliphatic rings. The van der Waals surface area contributed by atoms with Crippen LogP contribution in [-0.4, -0.2) is 81.8 Å². The van der Waals surface area contributed by atoms with Crippen LogP contribution in [-0.2, 0) is 19.6 Å². The van der Waals surface area contributed by atoms with E-state index in [0.29, 0.717) is 32.4 Å². The molecule has 1 atom stereocenters. The Morgan fingerprint density at radius 3 is 2.30 bits per heavy atom. The van der Waals surface area contributed by atoms with E-state index in [-0.39, 0.29) is 17.9 Å². The number of piperazine rings is 1. The number of halogens is 1. The second-order valence-electron chi connectivity index (χ2n) is 8.77. The molecule has 7 nitrogen and oxygen atoms in total. The van der Waals surface area contributed by atoms with E-state index in [2.05, 4.69) is 9.80 Å². The number of esters is 1. The summed E-state index contributed by atoms with van der Waals surface area (Å²) in [5.41, 5.74) is 0.538. The van der Waals surface area contributed by atoms with Gasteiger partial charge in [0.1, 0.15) is 11.9 Å². The number of hydrogen-bond donors (Lipinski definition) is 0. The van der Waals surface area contributed by atoms with Crippen LogP contribution in [0.15, 0.2) is 24.3 Å². The Kier molecular flexibility index (Phi) is 6.05. The summed E-state index contributed by atoms with van der Waals surface area (Å²) in [7, 11) is -3.20. The van der Waals surface area contributed by atoms with Gasteiger partial charge in [0.05, 0.1) is 11.7 Å². The maximum Gasteiger partial charge on any atom is 0.312 e. The van der Waals surface area contributed by atoms with Crippen LogP contribution in [0.4, 0.5) is 10.1 Å². The summed E-state index contributed by atoms with van der Waals surface area (Å²) in [6, 6.07) is 6.62. The van der Waals surface area contributed by atoms with Crippen LogP contribution in [0.25, 0.3) is 0 Å². The standard InChI is InChI=1S/C21H30FN3O4S/c1-30(27,28)25-10-7-21(8-11-25)16-19(29-20(21)26)6-9-23-12-14-24(15-13-23)18-4-2-17(22)3-5-18/h2-5,19H,6-16H2,1H3/t19-/m0/s1. The maximum absolute atomic E-state index is 13.1. The number of sulfonamides is 1. The molecule has 1 aromatic carbocycles. The SMILES string of the molecule is CS(=O)(=O)N1CCC2(CC1)C[C@H](CCN1CCN(c3ccc(F)cc3)CC1)OC2=O. The molecule has 3 fully saturated rings. The number of hydrogen-bond acceptors (Lipinski definition) is 6. The number of carbonyl (C=O) groups excluding carboxylic acids is 1. The number of rotatable bonds is 5. The second kappa shape index (κ2) is 8.43. The van der Waals surface area contributed by atoms with Crippen molar-refractivity contribution >= 4 is 21.7 Å². The Morgan fingerprint density at radius 2 is 1.70 bits per heavy atom. The maximum atomic E-state index is 13.1. The highest BCUT2D eigenvalue weighted by Gasteiger charge is 2.51. The van der Waals surface area contributed by atoms with E-state index in [1.807, 2.05) is 12.1 Å². The van der Waals surface area contributed by atoms with Gasteiger partial charge in [-0.25, -0.2) is 17.1 Å². The minimum absolute atomic E-state index is 0.0857. The fourth-order valence-electron chi connectivity index (χ4n) is 4.86. The van der Waals surface area contributed by atoms with Crippen LogP contribution in [0.5, 0.6) is 0 Å². The molecular formula is C21H30FN3O4S. The molecule has 3 saturated heterocycles. The number of nitrogens with zero attached hydrogens (tertiary/aromatic N) is 3. The Morgan fingerprint density at radius 1 is 1.07 bits per heavy atom. The van der Waals surface area contributed by atoms with Crippen LogP contribution in [0.1, 0.15) is 25.7 Å². The first-order chi connectivity index (χ1) is 14.2. The van der Waals surface area contributed by atoms with Gasteiger partial charge in [0.2, 0.25) is 10.0 Å². The molecule has 0 aliphatic carbocycles. The molecule has 0 N–H and O–H groups in total. The minimum Gasteiger partial charge on any atom is -0.462 e. The molecule has 0 unspecified atom stereocenters.